The Hall–Kier alpha value is -1.75. The van der Waals surface area contributed by atoms with E-state index in [2.05, 4.69) is 5.32 Å². The van der Waals surface area contributed by atoms with Crippen molar-refractivity contribution in [3.05, 3.63) is 23.8 Å². The monoisotopic (exact) mass is 290 g/mol. The Bertz CT molecular complexity index is 522. The number of aliphatic hydroxyl groups excluding tert-OH is 1. The van der Waals surface area contributed by atoms with Gasteiger partial charge in [-0.1, -0.05) is 6.07 Å². The van der Waals surface area contributed by atoms with E-state index in [1.54, 1.807) is 0 Å². The van der Waals surface area contributed by atoms with Crippen molar-refractivity contribution in [1.82, 2.24) is 4.90 Å². The zero-order valence-corrected chi connectivity index (χ0v) is 12.3. The number of aliphatic hydroxyl groups is 1. The molecular weight excluding hydrogens is 268 g/mol. The van der Waals surface area contributed by atoms with Crippen LogP contribution in [-0.4, -0.2) is 48.3 Å². The van der Waals surface area contributed by atoms with Crippen LogP contribution in [0.1, 0.15) is 30.1 Å². The summed E-state index contributed by atoms with van der Waals surface area (Å²) in [4.78, 5) is 14.6. The van der Waals surface area contributed by atoms with Gasteiger partial charge in [0.05, 0.1) is 17.4 Å². The highest BCUT2D eigenvalue weighted by Gasteiger charge is 2.28. The first-order chi connectivity index (χ1) is 10.2. The van der Waals surface area contributed by atoms with Gasteiger partial charge in [-0.2, -0.15) is 0 Å². The molecular formula is C16H22N2O3. The second kappa shape index (κ2) is 5.93. The molecule has 1 atom stereocenters. The summed E-state index contributed by atoms with van der Waals surface area (Å²) < 4.78 is 5.68. The van der Waals surface area contributed by atoms with Gasteiger partial charge in [0.15, 0.2) is 5.75 Å². The van der Waals surface area contributed by atoms with Gasteiger partial charge in [-0.25, -0.2) is 0 Å². The van der Waals surface area contributed by atoms with Gasteiger partial charge >= 0.3 is 0 Å². The van der Waals surface area contributed by atoms with E-state index in [0.717, 1.165) is 25.1 Å². The molecule has 1 aromatic carbocycles. The highest BCUT2D eigenvalue weighted by molar-refractivity contribution is 5.99. The zero-order valence-electron chi connectivity index (χ0n) is 12.3. The lowest BCUT2D eigenvalue weighted by molar-refractivity contribution is 0.0518. The predicted octanol–water partition coefficient (Wildman–Crippen LogP) is 1.72. The number of nitrogens with one attached hydrogen (secondary N) is 1. The standard InChI is InChI=1S/C16H22N2O3/c1-11(19)12-5-8-18(9-6-12)16(20)13-3-2-4-14-15(13)21-10-7-17-14/h2-4,11-12,17,19H,5-10H2,1H3. The van der Waals surface area contributed by atoms with Gasteiger partial charge in [0.2, 0.25) is 0 Å². The molecule has 1 amide bonds. The van der Waals surface area contributed by atoms with E-state index in [1.807, 2.05) is 30.0 Å². The molecule has 21 heavy (non-hydrogen) atoms. The van der Waals surface area contributed by atoms with Crippen LogP contribution in [0.25, 0.3) is 0 Å². The lowest BCUT2D eigenvalue weighted by atomic mass is 9.92. The average molecular weight is 290 g/mol. The number of carbonyl (C=O) groups is 1. The Morgan fingerprint density at radius 2 is 2.19 bits per heavy atom. The molecule has 114 valence electrons. The number of carbonyl (C=O) groups excluding carboxylic acids is 1. The second-order valence-corrected chi connectivity index (χ2v) is 5.83. The minimum absolute atomic E-state index is 0.0274. The summed E-state index contributed by atoms with van der Waals surface area (Å²) in [5.41, 5.74) is 1.53. The Kier molecular flexibility index (Phi) is 4.01. The number of hydrogen-bond donors (Lipinski definition) is 2. The number of rotatable bonds is 2. The van der Waals surface area contributed by atoms with E-state index in [-0.39, 0.29) is 12.0 Å². The number of piperidine rings is 1. The fraction of sp³-hybridized carbons (Fsp3) is 0.562. The second-order valence-electron chi connectivity index (χ2n) is 5.83. The van der Waals surface area contributed by atoms with E-state index in [9.17, 15) is 9.90 Å². The molecule has 1 unspecified atom stereocenters. The molecule has 0 bridgehead atoms. The van der Waals surface area contributed by atoms with Gasteiger partial charge in [0, 0.05) is 19.6 Å². The van der Waals surface area contributed by atoms with Crippen molar-refractivity contribution in [1.29, 1.82) is 0 Å². The van der Waals surface area contributed by atoms with Gasteiger partial charge in [0.1, 0.15) is 6.61 Å². The number of fused-ring (bicyclic) bond motifs is 1. The van der Waals surface area contributed by atoms with Gasteiger partial charge in [-0.15, -0.1) is 0 Å². The fourth-order valence-corrected chi connectivity index (χ4v) is 3.09. The molecule has 2 heterocycles. The Balaban J connectivity index is 1.75. The molecule has 0 aromatic heterocycles. The summed E-state index contributed by atoms with van der Waals surface area (Å²) in [6.45, 7) is 4.58. The van der Waals surface area contributed by atoms with E-state index in [1.165, 1.54) is 0 Å². The molecule has 0 aliphatic carbocycles. The van der Waals surface area contributed by atoms with Gasteiger partial charge in [-0.3, -0.25) is 4.79 Å². The summed E-state index contributed by atoms with van der Waals surface area (Å²) in [6.07, 6.45) is 1.42. The maximum Gasteiger partial charge on any atom is 0.257 e. The first kappa shape index (κ1) is 14.2. The SMILES string of the molecule is CC(O)C1CCN(C(=O)c2cccc3c2OCCN3)CC1. The van der Waals surface area contributed by atoms with Crippen molar-refractivity contribution in [2.45, 2.75) is 25.9 Å². The number of ether oxygens (including phenoxy) is 1. The van der Waals surface area contributed by atoms with E-state index < -0.39 is 0 Å². The largest absolute Gasteiger partial charge is 0.489 e. The van der Waals surface area contributed by atoms with Crippen molar-refractivity contribution in [2.24, 2.45) is 5.92 Å². The molecule has 2 N–H and O–H groups in total. The zero-order chi connectivity index (χ0) is 14.8. The van der Waals surface area contributed by atoms with Crippen LogP contribution < -0.4 is 10.1 Å². The van der Waals surface area contributed by atoms with Crippen LogP contribution in [0.5, 0.6) is 5.75 Å². The molecule has 3 rings (SSSR count). The molecule has 2 aliphatic rings. The topological polar surface area (TPSA) is 61.8 Å². The van der Waals surface area contributed by atoms with Crippen LogP contribution in [0, 0.1) is 5.92 Å². The number of hydrogen-bond acceptors (Lipinski definition) is 4. The minimum atomic E-state index is -0.292. The number of amides is 1. The summed E-state index contributed by atoms with van der Waals surface area (Å²) in [5, 5.41) is 12.9. The summed E-state index contributed by atoms with van der Waals surface area (Å²) in [5.74, 6) is 1.00. The molecule has 1 fully saturated rings. The van der Waals surface area contributed by atoms with Crippen molar-refractivity contribution in [3.63, 3.8) is 0 Å². The lowest BCUT2D eigenvalue weighted by Gasteiger charge is -2.34. The van der Waals surface area contributed by atoms with Crippen LogP contribution in [0.3, 0.4) is 0 Å². The Labute approximate surface area is 124 Å². The molecule has 0 radical (unpaired) electrons. The summed E-state index contributed by atoms with van der Waals surface area (Å²) in [7, 11) is 0. The summed E-state index contributed by atoms with van der Waals surface area (Å²) in [6, 6.07) is 5.65. The van der Waals surface area contributed by atoms with Crippen molar-refractivity contribution in [2.75, 3.05) is 31.6 Å². The third kappa shape index (κ3) is 2.83. The van der Waals surface area contributed by atoms with Crippen molar-refractivity contribution < 1.29 is 14.6 Å². The quantitative estimate of drug-likeness (QED) is 0.870. The maximum atomic E-state index is 12.7. The number of para-hydroxylation sites is 1. The molecule has 0 saturated carbocycles. The van der Waals surface area contributed by atoms with Gasteiger partial charge in [-0.05, 0) is 37.8 Å². The minimum Gasteiger partial charge on any atom is -0.489 e. The lowest BCUT2D eigenvalue weighted by Crippen LogP contribution is -2.41. The first-order valence-electron chi connectivity index (χ1n) is 7.64. The maximum absolute atomic E-state index is 12.7. The molecule has 1 aromatic rings. The first-order valence-corrected chi connectivity index (χ1v) is 7.64. The Morgan fingerprint density at radius 3 is 2.90 bits per heavy atom. The fourth-order valence-electron chi connectivity index (χ4n) is 3.09. The van der Waals surface area contributed by atoms with E-state index in [0.29, 0.717) is 36.9 Å². The molecule has 5 heteroatoms. The molecule has 5 nitrogen and oxygen atoms in total. The molecule has 1 saturated heterocycles. The number of anilines is 1. The third-order valence-electron chi connectivity index (χ3n) is 4.42. The van der Waals surface area contributed by atoms with Crippen LogP contribution >= 0.6 is 0 Å². The average Bonchev–Trinajstić information content (AvgIpc) is 2.53. The summed E-state index contributed by atoms with van der Waals surface area (Å²) >= 11 is 0. The smallest absolute Gasteiger partial charge is 0.257 e. The number of likely N-dealkylation sites (tertiary alicyclic amines) is 1. The van der Waals surface area contributed by atoms with E-state index in [4.69, 9.17) is 4.74 Å². The molecule has 0 spiro atoms. The predicted molar refractivity (Wildman–Crippen MR) is 80.7 cm³/mol. The highest BCUT2D eigenvalue weighted by Crippen LogP contribution is 2.33. The number of nitrogens with zero attached hydrogens (tertiary/aromatic N) is 1. The van der Waals surface area contributed by atoms with Crippen LogP contribution in [0.15, 0.2) is 18.2 Å². The van der Waals surface area contributed by atoms with Crippen molar-refractivity contribution >= 4 is 11.6 Å². The highest BCUT2D eigenvalue weighted by atomic mass is 16.5. The normalized spacial score (nSPS) is 20.2. The van der Waals surface area contributed by atoms with Gasteiger partial charge in [0.25, 0.3) is 5.91 Å². The van der Waals surface area contributed by atoms with Crippen LogP contribution in [-0.2, 0) is 0 Å². The van der Waals surface area contributed by atoms with Crippen LogP contribution in [0.2, 0.25) is 0 Å². The Morgan fingerprint density at radius 1 is 1.43 bits per heavy atom. The van der Waals surface area contributed by atoms with E-state index >= 15 is 0 Å². The van der Waals surface area contributed by atoms with Crippen LogP contribution in [0.4, 0.5) is 5.69 Å². The number of benzene rings is 1. The molecule has 2 aliphatic heterocycles. The van der Waals surface area contributed by atoms with Crippen molar-refractivity contribution in [3.8, 4) is 5.75 Å². The third-order valence-corrected chi connectivity index (χ3v) is 4.42. The van der Waals surface area contributed by atoms with Gasteiger partial charge < -0.3 is 20.1 Å².